The molecule has 2 heterocycles. The molecule has 0 aliphatic carbocycles. The van der Waals surface area contributed by atoms with Crippen LogP contribution in [-0.2, 0) is 11.0 Å². The van der Waals surface area contributed by atoms with Crippen molar-refractivity contribution in [1.82, 2.24) is 9.88 Å². The number of hydrogen-bond acceptors (Lipinski definition) is 2. The predicted molar refractivity (Wildman–Crippen MR) is 54.2 cm³/mol. The van der Waals surface area contributed by atoms with Crippen molar-refractivity contribution >= 4 is 6.41 Å². The van der Waals surface area contributed by atoms with E-state index in [0.29, 0.717) is 18.8 Å². The number of hydrogen-bond donors (Lipinski definition) is 0. The molecule has 92 valence electrons. The second-order valence-electron chi connectivity index (χ2n) is 4.06. The van der Waals surface area contributed by atoms with Crippen LogP contribution < -0.4 is 0 Å². The zero-order valence-electron chi connectivity index (χ0n) is 8.94. The van der Waals surface area contributed by atoms with Crippen molar-refractivity contribution in [3.63, 3.8) is 0 Å². The van der Waals surface area contributed by atoms with E-state index in [1.54, 1.807) is 4.90 Å². The standard InChI is InChI=1S/C11H11F3N2O/c12-11(13,14)9-1-2-10(15-5-9)8-3-4-16(6-8)7-17/h1-2,5,7-8H,3-4,6H2/t8-/m1/s1. The van der Waals surface area contributed by atoms with Crippen molar-refractivity contribution in [3.05, 3.63) is 29.6 Å². The van der Waals surface area contributed by atoms with Gasteiger partial charge in [-0.15, -0.1) is 0 Å². The summed E-state index contributed by atoms with van der Waals surface area (Å²) in [4.78, 5) is 16.0. The third-order valence-corrected chi connectivity index (χ3v) is 2.90. The molecule has 1 aliphatic rings. The van der Waals surface area contributed by atoms with E-state index in [2.05, 4.69) is 4.98 Å². The number of likely N-dealkylation sites (tertiary alicyclic amines) is 1. The van der Waals surface area contributed by atoms with Crippen molar-refractivity contribution in [2.45, 2.75) is 18.5 Å². The van der Waals surface area contributed by atoms with E-state index in [9.17, 15) is 18.0 Å². The predicted octanol–water partition coefficient (Wildman–Crippen LogP) is 2.05. The lowest BCUT2D eigenvalue weighted by Gasteiger charge is -2.11. The monoisotopic (exact) mass is 244 g/mol. The van der Waals surface area contributed by atoms with Gasteiger partial charge in [0.25, 0.3) is 0 Å². The molecular formula is C11H11F3N2O. The van der Waals surface area contributed by atoms with E-state index in [1.807, 2.05) is 0 Å². The van der Waals surface area contributed by atoms with Gasteiger partial charge < -0.3 is 4.90 Å². The zero-order chi connectivity index (χ0) is 12.5. The van der Waals surface area contributed by atoms with E-state index >= 15 is 0 Å². The van der Waals surface area contributed by atoms with Crippen LogP contribution in [0.3, 0.4) is 0 Å². The molecule has 0 N–H and O–H groups in total. The third-order valence-electron chi connectivity index (χ3n) is 2.90. The van der Waals surface area contributed by atoms with Crippen LogP contribution in [0, 0.1) is 0 Å². The minimum absolute atomic E-state index is 0.0440. The number of nitrogens with zero attached hydrogens (tertiary/aromatic N) is 2. The molecule has 1 fully saturated rings. The highest BCUT2D eigenvalue weighted by Gasteiger charge is 2.31. The van der Waals surface area contributed by atoms with Gasteiger partial charge in [0.1, 0.15) is 0 Å². The molecule has 3 nitrogen and oxygen atoms in total. The molecule has 6 heteroatoms. The summed E-state index contributed by atoms with van der Waals surface area (Å²) in [6, 6.07) is 2.42. The molecule has 1 saturated heterocycles. The van der Waals surface area contributed by atoms with Crippen LogP contribution in [0.1, 0.15) is 23.6 Å². The fourth-order valence-electron chi connectivity index (χ4n) is 1.94. The molecule has 0 saturated carbocycles. The van der Waals surface area contributed by atoms with Crippen LogP contribution in [0.5, 0.6) is 0 Å². The number of rotatable bonds is 2. The molecule has 0 spiro atoms. The second kappa shape index (κ2) is 4.35. The summed E-state index contributed by atoms with van der Waals surface area (Å²) in [7, 11) is 0. The summed E-state index contributed by atoms with van der Waals surface area (Å²) >= 11 is 0. The largest absolute Gasteiger partial charge is 0.417 e. The Hall–Kier alpha value is -1.59. The third kappa shape index (κ3) is 2.57. The SMILES string of the molecule is O=CN1CC[C@@H](c2ccc(C(F)(F)F)cn2)C1. The Bertz CT molecular complexity index is 402. The lowest BCUT2D eigenvalue weighted by Crippen LogP contribution is -2.17. The van der Waals surface area contributed by atoms with Crippen LogP contribution in [-0.4, -0.2) is 29.4 Å². The van der Waals surface area contributed by atoms with Crippen LogP contribution in [0.15, 0.2) is 18.3 Å². The maximum Gasteiger partial charge on any atom is 0.417 e. The highest BCUT2D eigenvalue weighted by Crippen LogP contribution is 2.30. The molecule has 1 amide bonds. The van der Waals surface area contributed by atoms with Crippen LogP contribution in [0.25, 0.3) is 0 Å². The van der Waals surface area contributed by atoms with Gasteiger partial charge in [-0.1, -0.05) is 0 Å². The molecule has 17 heavy (non-hydrogen) atoms. The van der Waals surface area contributed by atoms with E-state index in [4.69, 9.17) is 0 Å². The summed E-state index contributed by atoms with van der Waals surface area (Å²) in [5.74, 6) is 0.0440. The number of carbonyl (C=O) groups excluding carboxylic acids is 1. The van der Waals surface area contributed by atoms with Crippen molar-refractivity contribution in [3.8, 4) is 0 Å². The van der Waals surface area contributed by atoms with Gasteiger partial charge in [-0.3, -0.25) is 9.78 Å². The fourth-order valence-corrected chi connectivity index (χ4v) is 1.94. The van der Waals surface area contributed by atoms with Crippen molar-refractivity contribution < 1.29 is 18.0 Å². The van der Waals surface area contributed by atoms with Crippen molar-refractivity contribution in [2.24, 2.45) is 0 Å². The summed E-state index contributed by atoms with van der Waals surface area (Å²) < 4.78 is 37.0. The number of pyridine rings is 1. The van der Waals surface area contributed by atoms with Gasteiger partial charge in [-0.05, 0) is 18.6 Å². The number of aromatic nitrogens is 1. The Morgan fingerprint density at radius 1 is 1.41 bits per heavy atom. The number of carbonyl (C=O) groups is 1. The maximum atomic E-state index is 12.3. The summed E-state index contributed by atoms with van der Waals surface area (Å²) in [6.07, 6.45) is -2.00. The van der Waals surface area contributed by atoms with Gasteiger partial charge in [0, 0.05) is 30.9 Å². The molecule has 0 bridgehead atoms. The molecule has 1 aliphatic heterocycles. The van der Waals surface area contributed by atoms with E-state index in [1.165, 1.54) is 6.07 Å². The van der Waals surface area contributed by atoms with Gasteiger partial charge in [-0.25, -0.2) is 0 Å². The molecule has 1 aromatic heterocycles. The first-order chi connectivity index (χ1) is 8.00. The van der Waals surface area contributed by atoms with E-state index in [0.717, 1.165) is 25.1 Å². The Kier molecular flexibility index (Phi) is 3.04. The van der Waals surface area contributed by atoms with Crippen LogP contribution >= 0.6 is 0 Å². The van der Waals surface area contributed by atoms with Gasteiger partial charge in [-0.2, -0.15) is 13.2 Å². The van der Waals surface area contributed by atoms with Crippen LogP contribution in [0.4, 0.5) is 13.2 Å². The number of alkyl halides is 3. The molecule has 1 atom stereocenters. The molecule has 0 radical (unpaired) electrons. The van der Waals surface area contributed by atoms with Gasteiger partial charge in [0.15, 0.2) is 0 Å². The summed E-state index contributed by atoms with van der Waals surface area (Å²) in [5, 5.41) is 0. The molecule has 2 rings (SSSR count). The quantitative estimate of drug-likeness (QED) is 0.746. The number of amides is 1. The number of halogens is 3. The maximum absolute atomic E-state index is 12.3. The highest BCUT2D eigenvalue weighted by atomic mass is 19.4. The minimum Gasteiger partial charge on any atom is -0.345 e. The normalized spacial score (nSPS) is 20.6. The molecular weight excluding hydrogens is 233 g/mol. The Morgan fingerprint density at radius 2 is 2.18 bits per heavy atom. The van der Waals surface area contributed by atoms with E-state index in [-0.39, 0.29) is 5.92 Å². The first-order valence-corrected chi connectivity index (χ1v) is 5.23. The average Bonchev–Trinajstić information content (AvgIpc) is 2.76. The van der Waals surface area contributed by atoms with Crippen LogP contribution in [0.2, 0.25) is 0 Å². The summed E-state index contributed by atoms with van der Waals surface area (Å²) in [6.45, 7) is 1.17. The molecule has 1 aromatic rings. The zero-order valence-corrected chi connectivity index (χ0v) is 8.94. The van der Waals surface area contributed by atoms with Gasteiger partial charge in [0.05, 0.1) is 5.56 Å². The fraction of sp³-hybridized carbons (Fsp3) is 0.455. The lowest BCUT2D eigenvalue weighted by molar-refractivity contribution is -0.137. The Balaban J connectivity index is 2.11. The second-order valence-corrected chi connectivity index (χ2v) is 4.06. The summed E-state index contributed by atoms with van der Waals surface area (Å²) in [5.41, 5.74) is -0.131. The van der Waals surface area contributed by atoms with Gasteiger partial charge >= 0.3 is 6.18 Å². The van der Waals surface area contributed by atoms with Crippen molar-refractivity contribution in [1.29, 1.82) is 0 Å². The first-order valence-electron chi connectivity index (χ1n) is 5.23. The highest BCUT2D eigenvalue weighted by molar-refractivity contribution is 5.48. The topological polar surface area (TPSA) is 33.2 Å². The first kappa shape index (κ1) is 11.9. The average molecular weight is 244 g/mol. The molecule has 0 aromatic carbocycles. The van der Waals surface area contributed by atoms with E-state index < -0.39 is 11.7 Å². The minimum atomic E-state index is -4.35. The Labute approximate surface area is 96.3 Å². The van der Waals surface area contributed by atoms with Gasteiger partial charge in [0.2, 0.25) is 6.41 Å². The molecule has 0 unspecified atom stereocenters. The smallest absolute Gasteiger partial charge is 0.345 e. The Morgan fingerprint density at radius 3 is 2.65 bits per heavy atom. The lowest BCUT2D eigenvalue weighted by atomic mass is 10.0. The van der Waals surface area contributed by atoms with Crippen molar-refractivity contribution in [2.75, 3.05) is 13.1 Å².